The van der Waals surface area contributed by atoms with Gasteiger partial charge >= 0.3 is 0 Å². The van der Waals surface area contributed by atoms with Gasteiger partial charge in [-0.2, -0.15) is 0 Å². The summed E-state index contributed by atoms with van der Waals surface area (Å²) in [6, 6.07) is 1.38. The van der Waals surface area contributed by atoms with Gasteiger partial charge in [-0.15, -0.1) is 0 Å². The number of nitrogens with zero attached hydrogens (tertiary/aromatic N) is 3. The predicted octanol–water partition coefficient (Wildman–Crippen LogP) is 1.62. The van der Waals surface area contributed by atoms with E-state index in [1.807, 2.05) is 6.20 Å². The van der Waals surface area contributed by atoms with E-state index in [1.54, 1.807) is 0 Å². The van der Waals surface area contributed by atoms with E-state index in [2.05, 4.69) is 32.9 Å². The lowest BCUT2D eigenvalue weighted by molar-refractivity contribution is 0.157. The molecule has 2 heterocycles. The quantitative estimate of drug-likeness (QED) is 0.879. The van der Waals surface area contributed by atoms with Gasteiger partial charge in [-0.25, -0.2) is 4.98 Å². The highest BCUT2D eigenvalue weighted by Gasteiger charge is 2.22. The van der Waals surface area contributed by atoms with Gasteiger partial charge in [0.25, 0.3) is 0 Å². The fourth-order valence-electron chi connectivity index (χ4n) is 3.16. The van der Waals surface area contributed by atoms with Crippen molar-refractivity contribution in [2.75, 3.05) is 13.1 Å². The van der Waals surface area contributed by atoms with Crippen molar-refractivity contribution in [1.82, 2.24) is 19.8 Å². The molecule has 0 saturated heterocycles. The lowest BCUT2D eigenvalue weighted by Crippen LogP contribution is -2.46. The highest BCUT2D eigenvalue weighted by molar-refractivity contribution is 4.96. The van der Waals surface area contributed by atoms with E-state index in [-0.39, 0.29) is 0 Å². The first kappa shape index (κ1) is 12.2. The normalized spacial score (nSPS) is 23.2. The van der Waals surface area contributed by atoms with Gasteiger partial charge in [0.15, 0.2) is 0 Å². The molecule has 1 aromatic rings. The van der Waals surface area contributed by atoms with Crippen LogP contribution in [0.3, 0.4) is 0 Å². The largest absolute Gasteiger partial charge is 0.333 e. The van der Waals surface area contributed by atoms with Gasteiger partial charge in [0, 0.05) is 44.1 Å². The van der Waals surface area contributed by atoms with Crippen LogP contribution in [0.2, 0.25) is 0 Å². The Labute approximate surface area is 109 Å². The van der Waals surface area contributed by atoms with Crippen molar-refractivity contribution < 1.29 is 0 Å². The molecule has 1 aliphatic heterocycles. The van der Waals surface area contributed by atoms with Crippen LogP contribution < -0.4 is 5.32 Å². The first-order valence-electron chi connectivity index (χ1n) is 7.30. The summed E-state index contributed by atoms with van der Waals surface area (Å²) in [6.07, 6.45) is 9.57. The van der Waals surface area contributed by atoms with Crippen LogP contribution in [0, 0.1) is 0 Å². The van der Waals surface area contributed by atoms with Crippen LogP contribution in [-0.2, 0) is 13.1 Å². The number of hydrogen-bond acceptors (Lipinski definition) is 3. The van der Waals surface area contributed by atoms with Crippen molar-refractivity contribution >= 4 is 0 Å². The minimum absolute atomic E-state index is 0.607. The maximum Gasteiger partial charge on any atom is 0.122 e. The van der Waals surface area contributed by atoms with Crippen LogP contribution in [0.25, 0.3) is 0 Å². The minimum Gasteiger partial charge on any atom is -0.333 e. The average Bonchev–Trinajstić information content (AvgIpc) is 3.05. The second-order valence-corrected chi connectivity index (χ2v) is 5.75. The Morgan fingerprint density at radius 3 is 3.06 bits per heavy atom. The van der Waals surface area contributed by atoms with Crippen molar-refractivity contribution in [3.05, 3.63) is 18.2 Å². The number of nitrogens with one attached hydrogen (secondary N) is 1. The summed E-state index contributed by atoms with van der Waals surface area (Å²) in [4.78, 5) is 6.97. The number of rotatable bonds is 4. The molecule has 100 valence electrons. The van der Waals surface area contributed by atoms with E-state index in [0.717, 1.165) is 32.2 Å². The Balaban J connectivity index is 1.49. The lowest BCUT2D eigenvalue weighted by atomic mass is 10.2. The molecule has 3 rings (SSSR count). The van der Waals surface area contributed by atoms with Gasteiger partial charge < -0.3 is 9.88 Å². The first-order chi connectivity index (χ1) is 8.83. The maximum atomic E-state index is 4.43. The fourth-order valence-corrected chi connectivity index (χ4v) is 3.16. The topological polar surface area (TPSA) is 33.1 Å². The van der Waals surface area contributed by atoms with Crippen LogP contribution in [0.4, 0.5) is 0 Å². The molecule has 1 aliphatic carbocycles. The lowest BCUT2D eigenvalue weighted by Gasteiger charge is -2.33. The van der Waals surface area contributed by atoms with Crippen molar-refractivity contribution in [3.63, 3.8) is 0 Å². The molecule has 1 atom stereocenters. The number of hydrogen-bond donors (Lipinski definition) is 1. The van der Waals surface area contributed by atoms with E-state index in [4.69, 9.17) is 0 Å². The van der Waals surface area contributed by atoms with Gasteiger partial charge in [0.2, 0.25) is 0 Å². The van der Waals surface area contributed by atoms with E-state index < -0.39 is 0 Å². The van der Waals surface area contributed by atoms with Crippen LogP contribution in [0.5, 0.6) is 0 Å². The average molecular weight is 248 g/mol. The standard InChI is InChI=1S/C14H24N4/c1-12(10-16-13-4-2-3-5-13)18-9-8-17-7-6-15-14(17)11-18/h6-7,12-13,16H,2-5,8-11H2,1H3. The Hall–Kier alpha value is -0.870. The van der Waals surface area contributed by atoms with E-state index in [1.165, 1.54) is 31.5 Å². The molecule has 4 heteroatoms. The van der Waals surface area contributed by atoms with E-state index in [0.29, 0.717) is 6.04 Å². The van der Waals surface area contributed by atoms with Gasteiger partial charge in [0.1, 0.15) is 5.82 Å². The van der Waals surface area contributed by atoms with Crippen LogP contribution in [-0.4, -0.2) is 39.6 Å². The Bertz CT molecular complexity index is 381. The smallest absolute Gasteiger partial charge is 0.122 e. The van der Waals surface area contributed by atoms with Crippen molar-refractivity contribution in [1.29, 1.82) is 0 Å². The SMILES string of the molecule is CC(CNC1CCCC1)N1CCn2ccnc2C1. The zero-order chi connectivity index (χ0) is 12.4. The Morgan fingerprint density at radius 2 is 2.22 bits per heavy atom. The predicted molar refractivity (Wildman–Crippen MR) is 72.4 cm³/mol. The Kier molecular flexibility index (Phi) is 3.66. The molecule has 4 nitrogen and oxygen atoms in total. The molecule has 1 unspecified atom stereocenters. The van der Waals surface area contributed by atoms with Gasteiger partial charge in [-0.3, -0.25) is 4.90 Å². The van der Waals surface area contributed by atoms with Gasteiger partial charge in [-0.05, 0) is 19.8 Å². The minimum atomic E-state index is 0.607. The molecule has 0 aromatic carbocycles. The summed E-state index contributed by atoms with van der Waals surface area (Å²) in [7, 11) is 0. The molecule has 0 radical (unpaired) electrons. The molecule has 1 saturated carbocycles. The molecule has 2 aliphatic rings. The summed E-state index contributed by atoms with van der Waals surface area (Å²) in [6.45, 7) is 6.69. The third-order valence-electron chi connectivity index (χ3n) is 4.45. The molecular weight excluding hydrogens is 224 g/mol. The third-order valence-corrected chi connectivity index (χ3v) is 4.45. The number of fused-ring (bicyclic) bond motifs is 1. The molecule has 0 spiro atoms. The summed E-state index contributed by atoms with van der Waals surface area (Å²) in [5, 5.41) is 3.73. The van der Waals surface area contributed by atoms with Crippen LogP contribution >= 0.6 is 0 Å². The van der Waals surface area contributed by atoms with Gasteiger partial charge in [0.05, 0.1) is 6.54 Å². The molecule has 1 N–H and O–H groups in total. The Morgan fingerprint density at radius 1 is 1.39 bits per heavy atom. The summed E-state index contributed by atoms with van der Waals surface area (Å²) >= 11 is 0. The molecule has 1 aromatic heterocycles. The number of imidazole rings is 1. The maximum absolute atomic E-state index is 4.43. The fraction of sp³-hybridized carbons (Fsp3) is 0.786. The van der Waals surface area contributed by atoms with Crippen LogP contribution in [0.15, 0.2) is 12.4 Å². The molecule has 0 amide bonds. The third kappa shape index (κ3) is 2.59. The second-order valence-electron chi connectivity index (χ2n) is 5.75. The van der Waals surface area contributed by atoms with E-state index in [9.17, 15) is 0 Å². The summed E-state index contributed by atoms with van der Waals surface area (Å²) < 4.78 is 2.27. The first-order valence-corrected chi connectivity index (χ1v) is 7.30. The van der Waals surface area contributed by atoms with E-state index >= 15 is 0 Å². The van der Waals surface area contributed by atoms with Crippen molar-refractivity contribution in [2.24, 2.45) is 0 Å². The number of aromatic nitrogens is 2. The molecule has 1 fully saturated rings. The molecule has 0 bridgehead atoms. The van der Waals surface area contributed by atoms with Gasteiger partial charge in [-0.1, -0.05) is 12.8 Å². The monoisotopic (exact) mass is 248 g/mol. The highest BCUT2D eigenvalue weighted by atomic mass is 15.3. The van der Waals surface area contributed by atoms with Crippen LogP contribution in [0.1, 0.15) is 38.4 Å². The van der Waals surface area contributed by atoms with Crippen molar-refractivity contribution in [3.8, 4) is 0 Å². The molecular formula is C14H24N4. The molecule has 18 heavy (non-hydrogen) atoms. The van der Waals surface area contributed by atoms with Crippen molar-refractivity contribution in [2.45, 2.75) is 57.8 Å². The zero-order valence-corrected chi connectivity index (χ0v) is 11.3. The summed E-state index contributed by atoms with van der Waals surface area (Å²) in [5.74, 6) is 1.22. The second kappa shape index (κ2) is 5.41. The highest BCUT2D eigenvalue weighted by Crippen LogP contribution is 2.18. The zero-order valence-electron chi connectivity index (χ0n) is 11.3. The summed E-state index contributed by atoms with van der Waals surface area (Å²) in [5.41, 5.74) is 0.